The molecular formula is C15H24ClNO2. The molecule has 0 bridgehead atoms. The predicted octanol–water partition coefficient (Wildman–Crippen LogP) is 4.03. The van der Waals surface area contributed by atoms with Crippen molar-refractivity contribution in [2.45, 2.75) is 46.3 Å². The van der Waals surface area contributed by atoms with Crippen molar-refractivity contribution < 1.29 is 9.47 Å². The molecule has 108 valence electrons. The molecule has 0 fully saturated rings. The monoisotopic (exact) mass is 285 g/mol. The number of nitrogens with one attached hydrogen (secondary N) is 1. The van der Waals surface area contributed by atoms with Crippen molar-refractivity contribution in [3.8, 4) is 11.5 Å². The fraction of sp³-hybridized carbons (Fsp3) is 0.600. The average Bonchev–Trinajstić information content (AvgIpc) is 2.41. The summed E-state index contributed by atoms with van der Waals surface area (Å²) in [6.07, 6.45) is 2.20. The number of rotatable bonds is 8. The fourth-order valence-corrected chi connectivity index (χ4v) is 1.95. The van der Waals surface area contributed by atoms with Crippen LogP contribution in [0.15, 0.2) is 12.1 Å². The van der Waals surface area contributed by atoms with Gasteiger partial charge in [0.25, 0.3) is 0 Å². The molecule has 19 heavy (non-hydrogen) atoms. The summed E-state index contributed by atoms with van der Waals surface area (Å²) in [7, 11) is 1.64. The zero-order valence-electron chi connectivity index (χ0n) is 12.3. The topological polar surface area (TPSA) is 30.5 Å². The average molecular weight is 286 g/mol. The van der Waals surface area contributed by atoms with Crippen molar-refractivity contribution in [2.24, 2.45) is 0 Å². The van der Waals surface area contributed by atoms with Crippen molar-refractivity contribution in [1.82, 2.24) is 5.32 Å². The molecule has 0 aliphatic carbocycles. The number of benzene rings is 1. The van der Waals surface area contributed by atoms with Gasteiger partial charge >= 0.3 is 0 Å². The highest BCUT2D eigenvalue weighted by Gasteiger charge is 2.14. The second-order valence-electron chi connectivity index (χ2n) is 4.61. The Morgan fingerprint density at radius 1 is 1.32 bits per heavy atom. The third kappa shape index (κ3) is 4.92. The van der Waals surface area contributed by atoms with Crippen LogP contribution in [-0.2, 0) is 6.54 Å². The molecule has 0 aliphatic heterocycles. The van der Waals surface area contributed by atoms with E-state index in [1.807, 2.05) is 6.07 Å². The standard InChI is InChI=1S/C15H24ClNO2/c1-5-7-17-10-12-8-13(16)9-14(18-4)15(12)19-11(3)6-2/h8-9,11,17H,5-7,10H2,1-4H3. The number of hydrogen-bond donors (Lipinski definition) is 1. The zero-order chi connectivity index (χ0) is 14.3. The summed E-state index contributed by atoms with van der Waals surface area (Å²) in [6.45, 7) is 8.00. The number of hydrogen-bond acceptors (Lipinski definition) is 3. The molecule has 0 saturated heterocycles. The summed E-state index contributed by atoms with van der Waals surface area (Å²) < 4.78 is 11.4. The van der Waals surface area contributed by atoms with E-state index in [1.165, 1.54) is 0 Å². The first-order valence-corrected chi connectivity index (χ1v) is 7.23. The van der Waals surface area contributed by atoms with Gasteiger partial charge in [0, 0.05) is 23.2 Å². The molecule has 1 unspecified atom stereocenters. The molecule has 0 aliphatic rings. The molecule has 0 radical (unpaired) electrons. The normalized spacial score (nSPS) is 12.3. The Morgan fingerprint density at radius 2 is 2.05 bits per heavy atom. The fourth-order valence-electron chi connectivity index (χ4n) is 1.72. The molecule has 1 rings (SSSR count). The van der Waals surface area contributed by atoms with Crippen LogP contribution in [0.25, 0.3) is 0 Å². The Balaban J connectivity index is 2.99. The molecule has 0 amide bonds. The molecule has 4 heteroatoms. The molecular weight excluding hydrogens is 262 g/mol. The molecule has 0 spiro atoms. The SMILES string of the molecule is CCCNCc1cc(Cl)cc(OC)c1OC(C)CC. The molecule has 3 nitrogen and oxygen atoms in total. The number of methoxy groups -OCH3 is 1. The van der Waals surface area contributed by atoms with Gasteiger partial charge in [-0.3, -0.25) is 0 Å². The summed E-state index contributed by atoms with van der Waals surface area (Å²) >= 11 is 6.12. The lowest BCUT2D eigenvalue weighted by Gasteiger charge is -2.19. The lowest BCUT2D eigenvalue weighted by atomic mass is 10.1. The zero-order valence-corrected chi connectivity index (χ0v) is 13.0. The Kier molecular flexibility index (Phi) is 7.03. The first-order chi connectivity index (χ1) is 9.12. The molecule has 1 N–H and O–H groups in total. The summed E-state index contributed by atoms with van der Waals surface area (Å²) in [6, 6.07) is 3.73. The predicted molar refractivity (Wildman–Crippen MR) is 80.4 cm³/mol. The number of ether oxygens (including phenoxy) is 2. The minimum atomic E-state index is 0.153. The molecule has 0 heterocycles. The third-order valence-electron chi connectivity index (χ3n) is 2.95. The van der Waals surface area contributed by atoms with Crippen LogP contribution >= 0.6 is 11.6 Å². The smallest absolute Gasteiger partial charge is 0.166 e. The van der Waals surface area contributed by atoms with E-state index >= 15 is 0 Å². The van der Waals surface area contributed by atoms with E-state index < -0.39 is 0 Å². The molecule has 1 aromatic rings. The molecule has 1 aromatic carbocycles. The summed E-state index contributed by atoms with van der Waals surface area (Å²) in [4.78, 5) is 0. The first-order valence-electron chi connectivity index (χ1n) is 6.86. The van der Waals surface area contributed by atoms with Crippen LogP contribution in [0.5, 0.6) is 11.5 Å². The van der Waals surface area contributed by atoms with Gasteiger partial charge in [0.05, 0.1) is 13.2 Å². The van der Waals surface area contributed by atoms with Crippen LogP contribution in [0, 0.1) is 0 Å². The van der Waals surface area contributed by atoms with Gasteiger partial charge in [-0.1, -0.05) is 25.4 Å². The molecule has 1 atom stereocenters. The molecule has 0 saturated carbocycles. The Morgan fingerprint density at radius 3 is 2.63 bits per heavy atom. The van der Waals surface area contributed by atoms with Gasteiger partial charge in [-0.05, 0) is 32.4 Å². The Labute approximate surface area is 121 Å². The van der Waals surface area contributed by atoms with Gasteiger partial charge in [0.1, 0.15) is 0 Å². The molecule has 0 aromatic heterocycles. The van der Waals surface area contributed by atoms with Crippen molar-refractivity contribution in [3.63, 3.8) is 0 Å². The van der Waals surface area contributed by atoms with Gasteiger partial charge in [-0.2, -0.15) is 0 Å². The third-order valence-corrected chi connectivity index (χ3v) is 3.17. The van der Waals surface area contributed by atoms with Gasteiger partial charge < -0.3 is 14.8 Å². The van der Waals surface area contributed by atoms with Crippen LogP contribution in [0.2, 0.25) is 5.02 Å². The quantitative estimate of drug-likeness (QED) is 0.732. The highest BCUT2D eigenvalue weighted by Crippen LogP contribution is 2.35. The second kappa shape index (κ2) is 8.28. The maximum absolute atomic E-state index is 6.12. The van der Waals surface area contributed by atoms with E-state index in [4.69, 9.17) is 21.1 Å². The Bertz CT molecular complexity index is 396. The van der Waals surface area contributed by atoms with E-state index in [1.54, 1.807) is 13.2 Å². The van der Waals surface area contributed by atoms with Crippen LogP contribution < -0.4 is 14.8 Å². The van der Waals surface area contributed by atoms with E-state index in [0.29, 0.717) is 10.8 Å². The van der Waals surface area contributed by atoms with Crippen molar-refractivity contribution >= 4 is 11.6 Å². The summed E-state index contributed by atoms with van der Waals surface area (Å²) in [5.74, 6) is 1.49. The van der Waals surface area contributed by atoms with E-state index in [0.717, 1.165) is 37.2 Å². The van der Waals surface area contributed by atoms with Crippen LogP contribution in [-0.4, -0.2) is 19.8 Å². The van der Waals surface area contributed by atoms with E-state index in [2.05, 4.69) is 26.1 Å². The first kappa shape index (κ1) is 16.1. The largest absolute Gasteiger partial charge is 0.493 e. The number of halogens is 1. The second-order valence-corrected chi connectivity index (χ2v) is 5.05. The minimum absolute atomic E-state index is 0.153. The summed E-state index contributed by atoms with van der Waals surface area (Å²) in [5.41, 5.74) is 1.04. The maximum atomic E-state index is 6.12. The van der Waals surface area contributed by atoms with Gasteiger partial charge in [0.2, 0.25) is 0 Å². The van der Waals surface area contributed by atoms with E-state index in [-0.39, 0.29) is 6.10 Å². The lowest BCUT2D eigenvalue weighted by Crippen LogP contribution is -2.17. The van der Waals surface area contributed by atoms with Crippen LogP contribution in [0.4, 0.5) is 0 Å². The maximum Gasteiger partial charge on any atom is 0.166 e. The Hall–Kier alpha value is -0.930. The van der Waals surface area contributed by atoms with Crippen molar-refractivity contribution in [2.75, 3.05) is 13.7 Å². The lowest BCUT2D eigenvalue weighted by molar-refractivity contribution is 0.205. The van der Waals surface area contributed by atoms with Crippen molar-refractivity contribution in [3.05, 3.63) is 22.7 Å². The van der Waals surface area contributed by atoms with Gasteiger partial charge in [-0.15, -0.1) is 0 Å². The van der Waals surface area contributed by atoms with Crippen LogP contribution in [0.1, 0.15) is 39.2 Å². The van der Waals surface area contributed by atoms with E-state index in [9.17, 15) is 0 Å². The van der Waals surface area contributed by atoms with Gasteiger partial charge in [-0.25, -0.2) is 0 Å². The summed E-state index contributed by atoms with van der Waals surface area (Å²) in [5, 5.41) is 4.04. The minimum Gasteiger partial charge on any atom is -0.493 e. The highest BCUT2D eigenvalue weighted by molar-refractivity contribution is 6.30. The van der Waals surface area contributed by atoms with Gasteiger partial charge in [0.15, 0.2) is 11.5 Å². The van der Waals surface area contributed by atoms with Crippen molar-refractivity contribution in [1.29, 1.82) is 0 Å². The van der Waals surface area contributed by atoms with Crippen LogP contribution in [0.3, 0.4) is 0 Å². The highest BCUT2D eigenvalue weighted by atomic mass is 35.5.